The summed E-state index contributed by atoms with van der Waals surface area (Å²) in [6.07, 6.45) is 1.58. The van der Waals surface area contributed by atoms with Gasteiger partial charge in [0, 0.05) is 18.8 Å². The van der Waals surface area contributed by atoms with Crippen LogP contribution in [0.3, 0.4) is 0 Å². The first kappa shape index (κ1) is 9.77. The minimum absolute atomic E-state index is 0.237. The molecule has 4 nitrogen and oxygen atoms in total. The van der Waals surface area contributed by atoms with Crippen LogP contribution in [0.2, 0.25) is 0 Å². The standard InChI is InChI=1S/C9H14N2O2/c1-9(2,3)6-5-11(4)8(13)10-7(6)12/h5H,1-4H3,(H,10,12,13). The third-order valence-electron chi connectivity index (χ3n) is 1.92. The van der Waals surface area contributed by atoms with Crippen LogP contribution in [0.15, 0.2) is 15.8 Å². The van der Waals surface area contributed by atoms with Gasteiger partial charge in [-0.15, -0.1) is 0 Å². The molecule has 1 heterocycles. The number of rotatable bonds is 0. The van der Waals surface area contributed by atoms with Crippen molar-refractivity contribution in [3.8, 4) is 0 Å². The van der Waals surface area contributed by atoms with Gasteiger partial charge in [-0.05, 0) is 5.41 Å². The lowest BCUT2D eigenvalue weighted by molar-refractivity contribution is 0.566. The fraction of sp³-hybridized carbons (Fsp3) is 0.556. The van der Waals surface area contributed by atoms with E-state index in [2.05, 4.69) is 4.98 Å². The number of H-pyrrole nitrogens is 1. The smallest absolute Gasteiger partial charge is 0.303 e. The highest BCUT2D eigenvalue weighted by molar-refractivity contribution is 5.14. The normalized spacial score (nSPS) is 11.7. The first-order valence-electron chi connectivity index (χ1n) is 4.13. The van der Waals surface area contributed by atoms with E-state index < -0.39 is 0 Å². The van der Waals surface area contributed by atoms with E-state index in [1.165, 1.54) is 4.57 Å². The van der Waals surface area contributed by atoms with Crippen molar-refractivity contribution in [1.29, 1.82) is 0 Å². The Balaban J connectivity index is 3.51. The molecule has 0 saturated carbocycles. The number of aromatic amines is 1. The highest BCUT2D eigenvalue weighted by Crippen LogP contribution is 2.16. The molecule has 0 bridgehead atoms. The summed E-state index contributed by atoms with van der Waals surface area (Å²) in [5.41, 5.74) is -0.290. The summed E-state index contributed by atoms with van der Waals surface area (Å²) in [7, 11) is 1.62. The highest BCUT2D eigenvalue weighted by Gasteiger charge is 2.18. The molecule has 1 rings (SSSR count). The predicted octanol–water partition coefficient (Wildman–Crippen LogP) is 0.371. The van der Waals surface area contributed by atoms with E-state index in [0.29, 0.717) is 5.56 Å². The number of nitrogens with zero attached hydrogens (tertiary/aromatic N) is 1. The van der Waals surface area contributed by atoms with Gasteiger partial charge in [0.05, 0.1) is 0 Å². The summed E-state index contributed by atoms with van der Waals surface area (Å²) in [4.78, 5) is 24.7. The summed E-state index contributed by atoms with van der Waals surface area (Å²) in [5.74, 6) is 0. The van der Waals surface area contributed by atoms with Crippen molar-refractivity contribution in [2.75, 3.05) is 0 Å². The molecule has 0 amide bonds. The van der Waals surface area contributed by atoms with Gasteiger partial charge >= 0.3 is 5.69 Å². The Labute approximate surface area is 76.2 Å². The molecule has 0 saturated heterocycles. The first-order chi connectivity index (χ1) is 5.82. The van der Waals surface area contributed by atoms with E-state index in [1.54, 1.807) is 13.2 Å². The van der Waals surface area contributed by atoms with Gasteiger partial charge in [0.15, 0.2) is 0 Å². The van der Waals surface area contributed by atoms with Gasteiger partial charge in [-0.25, -0.2) is 4.79 Å². The van der Waals surface area contributed by atoms with E-state index >= 15 is 0 Å². The predicted molar refractivity (Wildman–Crippen MR) is 51.0 cm³/mol. The Hall–Kier alpha value is -1.32. The molecule has 13 heavy (non-hydrogen) atoms. The van der Waals surface area contributed by atoms with E-state index in [9.17, 15) is 9.59 Å². The zero-order valence-electron chi connectivity index (χ0n) is 8.34. The second kappa shape index (κ2) is 2.87. The van der Waals surface area contributed by atoms with Gasteiger partial charge < -0.3 is 4.57 Å². The Morgan fingerprint density at radius 3 is 2.31 bits per heavy atom. The van der Waals surface area contributed by atoms with Gasteiger partial charge in [-0.2, -0.15) is 0 Å². The molecule has 0 unspecified atom stereocenters. The monoisotopic (exact) mass is 182 g/mol. The fourth-order valence-corrected chi connectivity index (χ4v) is 1.10. The SMILES string of the molecule is Cn1cc(C(C)(C)C)c(=O)[nH]c1=O. The van der Waals surface area contributed by atoms with Crippen LogP contribution in [-0.2, 0) is 12.5 Å². The van der Waals surface area contributed by atoms with E-state index in [-0.39, 0.29) is 16.7 Å². The van der Waals surface area contributed by atoms with Gasteiger partial charge in [-0.3, -0.25) is 9.78 Å². The van der Waals surface area contributed by atoms with Crippen molar-refractivity contribution >= 4 is 0 Å². The molecule has 0 spiro atoms. The van der Waals surface area contributed by atoms with Crippen molar-refractivity contribution in [2.45, 2.75) is 26.2 Å². The Morgan fingerprint density at radius 2 is 1.85 bits per heavy atom. The Kier molecular flexibility index (Phi) is 2.15. The second-order valence-corrected chi connectivity index (χ2v) is 4.16. The molecule has 1 N–H and O–H groups in total. The molecule has 4 heteroatoms. The van der Waals surface area contributed by atoms with Gasteiger partial charge in [0.25, 0.3) is 5.56 Å². The van der Waals surface area contributed by atoms with E-state index in [0.717, 1.165) is 0 Å². The van der Waals surface area contributed by atoms with Crippen LogP contribution in [0.4, 0.5) is 0 Å². The molecule has 0 atom stereocenters. The second-order valence-electron chi connectivity index (χ2n) is 4.16. The number of hydrogen-bond acceptors (Lipinski definition) is 2. The van der Waals surface area contributed by atoms with Crippen LogP contribution >= 0.6 is 0 Å². The van der Waals surface area contributed by atoms with Crippen LogP contribution < -0.4 is 11.2 Å². The molecule has 0 radical (unpaired) electrons. The topological polar surface area (TPSA) is 54.9 Å². The van der Waals surface area contributed by atoms with E-state index in [4.69, 9.17) is 0 Å². The van der Waals surface area contributed by atoms with E-state index in [1.807, 2.05) is 20.8 Å². The lowest BCUT2D eigenvalue weighted by Gasteiger charge is -2.17. The average Bonchev–Trinajstić information content (AvgIpc) is 1.94. The maximum absolute atomic E-state index is 11.4. The molecule has 0 aromatic carbocycles. The van der Waals surface area contributed by atoms with Crippen LogP contribution in [0.5, 0.6) is 0 Å². The summed E-state index contributed by atoms with van der Waals surface area (Å²) in [6.45, 7) is 5.80. The molecule has 0 aliphatic rings. The van der Waals surface area contributed by atoms with Crippen LogP contribution in [0.1, 0.15) is 26.3 Å². The van der Waals surface area contributed by atoms with Gasteiger partial charge in [0.1, 0.15) is 0 Å². The molecule has 72 valence electrons. The summed E-state index contributed by atoms with van der Waals surface area (Å²) in [6, 6.07) is 0. The summed E-state index contributed by atoms with van der Waals surface area (Å²) < 4.78 is 1.38. The zero-order chi connectivity index (χ0) is 10.2. The minimum atomic E-state index is -0.377. The summed E-state index contributed by atoms with van der Waals surface area (Å²) >= 11 is 0. The largest absolute Gasteiger partial charge is 0.328 e. The maximum atomic E-state index is 11.4. The van der Waals surface area contributed by atoms with Crippen molar-refractivity contribution in [3.05, 3.63) is 32.6 Å². The number of aromatic nitrogens is 2. The zero-order valence-corrected chi connectivity index (χ0v) is 8.34. The molecule has 0 fully saturated rings. The first-order valence-corrected chi connectivity index (χ1v) is 4.13. The minimum Gasteiger partial charge on any atom is -0.303 e. The lowest BCUT2D eigenvalue weighted by Crippen LogP contribution is -2.34. The van der Waals surface area contributed by atoms with Crippen LogP contribution in [-0.4, -0.2) is 9.55 Å². The fourth-order valence-electron chi connectivity index (χ4n) is 1.10. The molecule has 0 aliphatic carbocycles. The maximum Gasteiger partial charge on any atom is 0.328 e. The Morgan fingerprint density at radius 1 is 1.31 bits per heavy atom. The molecule has 0 aliphatic heterocycles. The van der Waals surface area contributed by atoms with Crippen LogP contribution in [0.25, 0.3) is 0 Å². The number of nitrogens with one attached hydrogen (secondary N) is 1. The van der Waals surface area contributed by atoms with Crippen molar-refractivity contribution in [2.24, 2.45) is 7.05 Å². The third-order valence-corrected chi connectivity index (χ3v) is 1.92. The molecular formula is C9H14N2O2. The summed E-state index contributed by atoms with van der Waals surface area (Å²) in [5, 5.41) is 0. The number of aryl methyl sites for hydroxylation is 1. The quantitative estimate of drug-likeness (QED) is 0.630. The van der Waals surface area contributed by atoms with Gasteiger partial charge in [-0.1, -0.05) is 20.8 Å². The van der Waals surface area contributed by atoms with Crippen molar-refractivity contribution in [1.82, 2.24) is 9.55 Å². The number of hydrogen-bond donors (Lipinski definition) is 1. The molecule has 1 aromatic heterocycles. The highest BCUT2D eigenvalue weighted by atomic mass is 16.2. The Bertz CT molecular complexity index is 420. The van der Waals surface area contributed by atoms with Gasteiger partial charge in [0.2, 0.25) is 0 Å². The third kappa shape index (κ3) is 1.88. The average molecular weight is 182 g/mol. The van der Waals surface area contributed by atoms with Crippen molar-refractivity contribution < 1.29 is 0 Å². The molecule has 1 aromatic rings. The molecular weight excluding hydrogens is 168 g/mol. The van der Waals surface area contributed by atoms with Crippen LogP contribution in [0, 0.1) is 0 Å². The van der Waals surface area contributed by atoms with Crippen molar-refractivity contribution in [3.63, 3.8) is 0 Å². The lowest BCUT2D eigenvalue weighted by atomic mass is 9.89.